The van der Waals surface area contributed by atoms with E-state index in [2.05, 4.69) is 5.10 Å². The molecule has 1 aromatic heterocycles. The number of carbonyl (C=O) groups is 1. The van der Waals surface area contributed by atoms with Crippen LogP contribution in [0.25, 0.3) is 0 Å². The predicted octanol–water partition coefficient (Wildman–Crippen LogP) is 3.02. The normalized spacial score (nSPS) is 12.4. The Morgan fingerprint density at radius 1 is 1.28 bits per heavy atom. The predicted molar refractivity (Wildman–Crippen MR) is 71.6 cm³/mol. The SMILES string of the molecule is Cc1cc(C)n(C(=O)C(C)Cc2ccccc2)n1. The molecule has 0 saturated carbocycles. The van der Waals surface area contributed by atoms with E-state index in [0.717, 1.165) is 17.8 Å². The zero-order valence-electron chi connectivity index (χ0n) is 11.1. The van der Waals surface area contributed by atoms with Gasteiger partial charge < -0.3 is 0 Å². The summed E-state index contributed by atoms with van der Waals surface area (Å²) in [4.78, 5) is 12.3. The molecule has 0 fully saturated rings. The molecule has 0 saturated heterocycles. The van der Waals surface area contributed by atoms with Crippen molar-refractivity contribution < 1.29 is 4.79 Å². The van der Waals surface area contributed by atoms with Crippen molar-refractivity contribution in [3.8, 4) is 0 Å². The zero-order chi connectivity index (χ0) is 13.1. The molecule has 0 aliphatic carbocycles. The Morgan fingerprint density at radius 2 is 1.94 bits per heavy atom. The second-order valence-corrected chi connectivity index (χ2v) is 4.77. The fraction of sp³-hybridized carbons (Fsp3) is 0.333. The molecule has 0 radical (unpaired) electrons. The number of aromatic nitrogens is 2. The lowest BCUT2D eigenvalue weighted by Gasteiger charge is -2.11. The van der Waals surface area contributed by atoms with Gasteiger partial charge in [-0.05, 0) is 31.9 Å². The summed E-state index contributed by atoms with van der Waals surface area (Å²) in [6.07, 6.45) is 0.748. The minimum absolute atomic E-state index is 0.0597. The lowest BCUT2D eigenvalue weighted by atomic mass is 10.0. The van der Waals surface area contributed by atoms with Crippen molar-refractivity contribution >= 4 is 5.91 Å². The van der Waals surface area contributed by atoms with Crippen LogP contribution in [0, 0.1) is 19.8 Å². The van der Waals surface area contributed by atoms with Gasteiger partial charge in [-0.15, -0.1) is 0 Å². The number of carbonyl (C=O) groups excluding carboxylic acids is 1. The number of benzene rings is 1. The summed E-state index contributed by atoms with van der Waals surface area (Å²) in [5.41, 5.74) is 2.96. The van der Waals surface area contributed by atoms with E-state index in [9.17, 15) is 4.79 Å². The number of aryl methyl sites for hydroxylation is 2. The minimum Gasteiger partial charge on any atom is -0.272 e. The third-order valence-electron chi connectivity index (χ3n) is 3.02. The molecule has 1 aromatic carbocycles. The van der Waals surface area contributed by atoms with Gasteiger partial charge in [0, 0.05) is 11.6 Å². The van der Waals surface area contributed by atoms with Crippen LogP contribution in [0.2, 0.25) is 0 Å². The van der Waals surface area contributed by atoms with Crippen molar-refractivity contribution in [2.75, 3.05) is 0 Å². The van der Waals surface area contributed by atoms with Crippen LogP contribution in [0.3, 0.4) is 0 Å². The van der Waals surface area contributed by atoms with Crippen molar-refractivity contribution in [2.24, 2.45) is 5.92 Å². The van der Waals surface area contributed by atoms with Gasteiger partial charge in [-0.2, -0.15) is 5.10 Å². The van der Waals surface area contributed by atoms with E-state index >= 15 is 0 Å². The van der Waals surface area contributed by atoms with Crippen molar-refractivity contribution in [1.29, 1.82) is 0 Å². The molecule has 0 aliphatic rings. The summed E-state index contributed by atoms with van der Waals surface area (Å²) in [5, 5.41) is 4.24. The summed E-state index contributed by atoms with van der Waals surface area (Å²) < 4.78 is 1.52. The molecule has 18 heavy (non-hydrogen) atoms. The van der Waals surface area contributed by atoms with Crippen LogP contribution in [-0.4, -0.2) is 15.7 Å². The van der Waals surface area contributed by atoms with Crippen LogP contribution in [0.15, 0.2) is 36.4 Å². The highest BCUT2D eigenvalue weighted by Gasteiger charge is 2.18. The third kappa shape index (κ3) is 2.67. The standard InChI is InChI=1S/C15H18N2O/c1-11(9-14-7-5-4-6-8-14)15(18)17-13(3)10-12(2)16-17/h4-8,10-11H,9H2,1-3H3. The number of rotatable bonds is 3. The second-order valence-electron chi connectivity index (χ2n) is 4.77. The first-order valence-electron chi connectivity index (χ1n) is 6.19. The fourth-order valence-corrected chi connectivity index (χ4v) is 2.12. The molecular weight excluding hydrogens is 224 g/mol. The summed E-state index contributed by atoms with van der Waals surface area (Å²) >= 11 is 0. The van der Waals surface area contributed by atoms with E-state index in [-0.39, 0.29) is 11.8 Å². The molecule has 3 nitrogen and oxygen atoms in total. The van der Waals surface area contributed by atoms with Gasteiger partial charge >= 0.3 is 0 Å². The second kappa shape index (κ2) is 5.17. The van der Waals surface area contributed by atoms with E-state index < -0.39 is 0 Å². The molecule has 0 spiro atoms. The molecule has 94 valence electrons. The summed E-state index contributed by atoms with van der Waals surface area (Å²) in [6, 6.07) is 12.0. The molecule has 1 heterocycles. The van der Waals surface area contributed by atoms with Crippen LogP contribution in [0.5, 0.6) is 0 Å². The largest absolute Gasteiger partial charge is 0.272 e. The number of hydrogen-bond donors (Lipinski definition) is 0. The van der Waals surface area contributed by atoms with Crippen molar-refractivity contribution in [2.45, 2.75) is 27.2 Å². The third-order valence-corrected chi connectivity index (χ3v) is 3.02. The van der Waals surface area contributed by atoms with Crippen LogP contribution in [-0.2, 0) is 6.42 Å². The van der Waals surface area contributed by atoms with E-state index in [1.54, 1.807) is 0 Å². The van der Waals surface area contributed by atoms with E-state index in [1.165, 1.54) is 10.2 Å². The van der Waals surface area contributed by atoms with E-state index in [0.29, 0.717) is 0 Å². The first-order valence-corrected chi connectivity index (χ1v) is 6.19. The topological polar surface area (TPSA) is 34.9 Å². The van der Waals surface area contributed by atoms with Gasteiger partial charge in [-0.3, -0.25) is 4.79 Å². The number of hydrogen-bond acceptors (Lipinski definition) is 2. The van der Waals surface area contributed by atoms with Crippen LogP contribution >= 0.6 is 0 Å². The molecular formula is C15H18N2O. The lowest BCUT2D eigenvalue weighted by Crippen LogP contribution is -2.23. The molecule has 0 amide bonds. The Hall–Kier alpha value is -1.90. The Kier molecular flexibility index (Phi) is 3.60. The highest BCUT2D eigenvalue weighted by Crippen LogP contribution is 2.12. The minimum atomic E-state index is -0.0644. The maximum Gasteiger partial charge on any atom is 0.250 e. The van der Waals surface area contributed by atoms with Crippen molar-refractivity contribution in [3.63, 3.8) is 0 Å². The van der Waals surface area contributed by atoms with Gasteiger partial charge in [-0.1, -0.05) is 37.3 Å². The van der Waals surface area contributed by atoms with Gasteiger partial charge in [0.05, 0.1) is 5.69 Å². The van der Waals surface area contributed by atoms with Crippen LogP contribution < -0.4 is 0 Å². The van der Waals surface area contributed by atoms with Gasteiger partial charge in [0.25, 0.3) is 0 Å². The molecule has 0 bridgehead atoms. The lowest BCUT2D eigenvalue weighted by molar-refractivity contribution is 0.0824. The van der Waals surface area contributed by atoms with Gasteiger partial charge in [0.15, 0.2) is 0 Å². The van der Waals surface area contributed by atoms with Crippen LogP contribution in [0.1, 0.15) is 28.7 Å². The smallest absolute Gasteiger partial charge is 0.250 e. The Balaban J connectivity index is 2.12. The quantitative estimate of drug-likeness (QED) is 0.829. The molecule has 3 heteroatoms. The average molecular weight is 242 g/mol. The monoisotopic (exact) mass is 242 g/mol. The van der Waals surface area contributed by atoms with Gasteiger partial charge in [0.1, 0.15) is 0 Å². The highest BCUT2D eigenvalue weighted by atomic mass is 16.2. The average Bonchev–Trinajstić information content (AvgIpc) is 2.68. The van der Waals surface area contributed by atoms with Gasteiger partial charge in [0.2, 0.25) is 5.91 Å². The zero-order valence-corrected chi connectivity index (χ0v) is 11.1. The first kappa shape index (κ1) is 12.6. The van der Waals surface area contributed by atoms with Crippen LogP contribution in [0.4, 0.5) is 0 Å². The Labute approximate surface area is 107 Å². The molecule has 0 aliphatic heterocycles. The fourth-order valence-electron chi connectivity index (χ4n) is 2.12. The molecule has 1 unspecified atom stereocenters. The molecule has 1 atom stereocenters. The molecule has 2 rings (SSSR count). The first-order chi connectivity index (χ1) is 8.58. The number of nitrogens with zero attached hydrogens (tertiary/aromatic N) is 2. The van der Waals surface area contributed by atoms with Gasteiger partial charge in [-0.25, -0.2) is 4.68 Å². The summed E-state index contributed by atoms with van der Waals surface area (Å²) in [5.74, 6) is -0.00477. The maximum absolute atomic E-state index is 12.3. The van der Waals surface area contributed by atoms with E-state index in [1.807, 2.05) is 57.2 Å². The van der Waals surface area contributed by atoms with Crippen molar-refractivity contribution in [3.05, 3.63) is 53.3 Å². The van der Waals surface area contributed by atoms with E-state index in [4.69, 9.17) is 0 Å². The Morgan fingerprint density at radius 3 is 2.50 bits per heavy atom. The summed E-state index contributed by atoms with van der Waals surface area (Å²) in [7, 11) is 0. The maximum atomic E-state index is 12.3. The Bertz CT molecular complexity index is 543. The molecule has 0 N–H and O–H groups in total. The molecule has 2 aromatic rings. The van der Waals surface area contributed by atoms with Crippen molar-refractivity contribution in [1.82, 2.24) is 9.78 Å². The summed E-state index contributed by atoms with van der Waals surface area (Å²) in [6.45, 7) is 5.76. The highest BCUT2D eigenvalue weighted by molar-refractivity contribution is 5.81.